The van der Waals surface area contributed by atoms with E-state index in [9.17, 15) is 14.9 Å². The summed E-state index contributed by atoms with van der Waals surface area (Å²) >= 11 is 0. The second-order valence-electron chi connectivity index (χ2n) is 4.47. The number of rotatable bonds is 7. The van der Waals surface area contributed by atoms with E-state index in [1.165, 1.54) is 12.1 Å². The summed E-state index contributed by atoms with van der Waals surface area (Å²) in [6, 6.07) is 6.14. The van der Waals surface area contributed by atoms with Crippen molar-refractivity contribution in [3.63, 3.8) is 0 Å². The van der Waals surface area contributed by atoms with Gasteiger partial charge in [0.05, 0.1) is 4.92 Å². The van der Waals surface area contributed by atoms with Gasteiger partial charge in [0.25, 0.3) is 5.69 Å². The molecule has 1 unspecified atom stereocenters. The van der Waals surface area contributed by atoms with Crippen LogP contribution in [0.15, 0.2) is 24.3 Å². The average Bonchev–Trinajstić information content (AvgIpc) is 2.42. The SMILES string of the molecule is CC(CCCN)C(=O)NCc1ccc([N+](=O)[O-])cc1. The molecule has 3 N–H and O–H groups in total. The van der Waals surface area contributed by atoms with Crippen LogP contribution < -0.4 is 11.1 Å². The van der Waals surface area contributed by atoms with Crippen LogP contribution in [0.4, 0.5) is 5.69 Å². The van der Waals surface area contributed by atoms with E-state index in [-0.39, 0.29) is 17.5 Å². The van der Waals surface area contributed by atoms with Gasteiger partial charge in [-0.25, -0.2) is 0 Å². The van der Waals surface area contributed by atoms with E-state index in [2.05, 4.69) is 5.32 Å². The summed E-state index contributed by atoms with van der Waals surface area (Å²) < 4.78 is 0. The van der Waals surface area contributed by atoms with Gasteiger partial charge < -0.3 is 11.1 Å². The summed E-state index contributed by atoms with van der Waals surface area (Å²) in [6.45, 7) is 2.82. The van der Waals surface area contributed by atoms with Crippen molar-refractivity contribution in [2.45, 2.75) is 26.3 Å². The molecule has 0 aliphatic carbocycles. The van der Waals surface area contributed by atoms with Crippen LogP contribution >= 0.6 is 0 Å². The summed E-state index contributed by atoms with van der Waals surface area (Å²) in [7, 11) is 0. The first kappa shape index (κ1) is 15.1. The van der Waals surface area contributed by atoms with Crippen LogP contribution in [0, 0.1) is 16.0 Å². The molecular weight excluding hydrogens is 246 g/mol. The van der Waals surface area contributed by atoms with Crippen LogP contribution in [0.5, 0.6) is 0 Å². The molecule has 0 saturated heterocycles. The Balaban J connectivity index is 2.43. The lowest BCUT2D eigenvalue weighted by atomic mass is 10.0. The number of benzene rings is 1. The molecule has 6 heteroatoms. The summed E-state index contributed by atoms with van der Waals surface area (Å²) in [4.78, 5) is 21.8. The van der Waals surface area contributed by atoms with Crippen molar-refractivity contribution < 1.29 is 9.72 Å². The van der Waals surface area contributed by atoms with Gasteiger partial charge >= 0.3 is 0 Å². The minimum atomic E-state index is -0.447. The highest BCUT2D eigenvalue weighted by atomic mass is 16.6. The lowest BCUT2D eigenvalue weighted by molar-refractivity contribution is -0.384. The predicted octanol–water partition coefficient (Wildman–Crippen LogP) is 1.59. The fourth-order valence-electron chi connectivity index (χ4n) is 1.65. The topological polar surface area (TPSA) is 98.3 Å². The van der Waals surface area contributed by atoms with E-state index in [0.717, 1.165) is 18.4 Å². The largest absolute Gasteiger partial charge is 0.352 e. The first-order chi connectivity index (χ1) is 9.04. The maximum absolute atomic E-state index is 11.7. The first-order valence-corrected chi connectivity index (χ1v) is 6.25. The second-order valence-corrected chi connectivity index (χ2v) is 4.47. The maximum Gasteiger partial charge on any atom is 0.269 e. The fraction of sp³-hybridized carbons (Fsp3) is 0.462. The molecule has 1 atom stereocenters. The van der Waals surface area contributed by atoms with Gasteiger partial charge in [0, 0.05) is 24.6 Å². The number of nitro groups is 1. The van der Waals surface area contributed by atoms with Crippen molar-refractivity contribution in [3.8, 4) is 0 Å². The van der Waals surface area contributed by atoms with Crippen molar-refractivity contribution in [1.82, 2.24) is 5.32 Å². The first-order valence-electron chi connectivity index (χ1n) is 6.25. The van der Waals surface area contributed by atoms with E-state index in [1.807, 2.05) is 6.92 Å². The molecule has 1 aromatic rings. The third-order valence-corrected chi connectivity index (χ3v) is 2.90. The molecule has 0 aromatic heterocycles. The van der Waals surface area contributed by atoms with E-state index in [1.54, 1.807) is 12.1 Å². The molecule has 104 valence electrons. The molecule has 0 aliphatic rings. The number of non-ortho nitro benzene ring substituents is 1. The molecule has 0 heterocycles. The Morgan fingerprint density at radius 3 is 2.58 bits per heavy atom. The number of hydrogen-bond acceptors (Lipinski definition) is 4. The molecule has 1 aromatic carbocycles. The minimum absolute atomic E-state index is 0.0215. The van der Waals surface area contributed by atoms with E-state index < -0.39 is 4.92 Å². The molecule has 0 aliphatic heterocycles. The van der Waals surface area contributed by atoms with E-state index >= 15 is 0 Å². The molecular formula is C13H19N3O3. The van der Waals surface area contributed by atoms with Crippen LogP contribution in [0.25, 0.3) is 0 Å². The van der Waals surface area contributed by atoms with Crippen LogP contribution in [0.3, 0.4) is 0 Å². The Bertz CT molecular complexity index is 431. The molecule has 1 rings (SSSR count). The lowest BCUT2D eigenvalue weighted by Gasteiger charge is -2.11. The smallest absolute Gasteiger partial charge is 0.269 e. The molecule has 0 bridgehead atoms. The number of carbonyl (C=O) groups is 1. The number of hydrogen-bond donors (Lipinski definition) is 2. The van der Waals surface area contributed by atoms with Gasteiger partial charge in [0.1, 0.15) is 0 Å². The van der Waals surface area contributed by atoms with E-state index in [4.69, 9.17) is 5.73 Å². The second kappa shape index (κ2) is 7.48. The maximum atomic E-state index is 11.7. The van der Waals surface area contributed by atoms with Crippen LogP contribution in [0.1, 0.15) is 25.3 Å². The molecule has 0 saturated carbocycles. The quantitative estimate of drug-likeness (QED) is 0.577. The lowest BCUT2D eigenvalue weighted by Crippen LogP contribution is -2.29. The Morgan fingerprint density at radius 2 is 2.05 bits per heavy atom. The number of nitro benzene ring substituents is 1. The van der Waals surface area contributed by atoms with Crippen molar-refractivity contribution in [2.75, 3.05) is 6.54 Å². The van der Waals surface area contributed by atoms with Gasteiger partial charge in [-0.3, -0.25) is 14.9 Å². The summed E-state index contributed by atoms with van der Waals surface area (Å²) in [6.07, 6.45) is 1.59. The van der Waals surface area contributed by atoms with Gasteiger partial charge in [-0.1, -0.05) is 19.1 Å². The van der Waals surface area contributed by atoms with Crippen molar-refractivity contribution in [2.24, 2.45) is 11.7 Å². The zero-order chi connectivity index (χ0) is 14.3. The number of nitrogens with zero attached hydrogens (tertiary/aromatic N) is 1. The van der Waals surface area contributed by atoms with Crippen molar-refractivity contribution in [3.05, 3.63) is 39.9 Å². The number of nitrogens with one attached hydrogen (secondary N) is 1. The average molecular weight is 265 g/mol. The van der Waals surface area contributed by atoms with Gasteiger partial charge in [-0.05, 0) is 24.9 Å². The molecule has 6 nitrogen and oxygen atoms in total. The summed E-state index contributed by atoms with van der Waals surface area (Å²) in [5.74, 6) is -0.0894. The van der Waals surface area contributed by atoms with Crippen molar-refractivity contribution in [1.29, 1.82) is 0 Å². The van der Waals surface area contributed by atoms with Gasteiger partial charge in [0.15, 0.2) is 0 Å². The van der Waals surface area contributed by atoms with Crippen LogP contribution in [-0.4, -0.2) is 17.4 Å². The normalized spacial score (nSPS) is 11.9. The standard InChI is InChI=1S/C13H19N3O3/c1-10(3-2-8-14)13(17)15-9-11-4-6-12(7-5-11)16(18)19/h4-7,10H,2-3,8-9,14H2,1H3,(H,15,17). The molecule has 19 heavy (non-hydrogen) atoms. The van der Waals surface area contributed by atoms with Crippen LogP contribution in [-0.2, 0) is 11.3 Å². The predicted molar refractivity (Wildman–Crippen MR) is 72.4 cm³/mol. The minimum Gasteiger partial charge on any atom is -0.352 e. The summed E-state index contributed by atoms with van der Waals surface area (Å²) in [5, 5.41) is 13.3. The Morgan fingerprint density at radius 1 is 1.42 bits per heavy atom. The van der Waals surface area contributed by atoms with Gasteiger partial charge in [0.2, 0.25) is 5.91 Å². The van der Waals surface area contributed by atoms with Gasteiger partial charge in [-0.15, -0.1) is 0 Å². The van der Waals surface area contributed by atoms with Crippen LogP contribution in [0.2, 0.25) is 0 Å². The number of carbonyl (C=O) groups excluding carboxylic acids is 1. The fourth-order valence-corrected chi connectivity index (χ4v) is 1.65. The van der Waals surface area contributed by atoms with E-state index in [0.29, 0.717) is 13.1 Å². The third kappa shape index (κ3) is 5.05. The monoisotopic (exact) mass is 265 g/mol. The van der Waals surface area contributed by atoms with Crippen molar-refractivity contribution >= 4 is 11.6 Å². The molecule has 0 fully saturated rings. The Kier molecular flexibility index (Phi) is 5.95. The molecule has 1 amide bonds. The van der Waals surface area contributed by atoms with Gasteiger partial charge in [-0.2, -0.15) is 0 Å². The third-order valence-electron chi connectivity index (χ3n) is 2.90. The highest BCUT2D eigenvalue weighted by Gasteiger charge is 2.11. The Hall–Kier alpha value is -1.95. The molecule has 0 spiro atoms. The zero-order valence-electron chi connectivity index (χ0n) is 11.0. The number of nitrogens with two attached hydrogens (primary N) is 1. The summed E-state index contributed by atoms with van der Waals surface area (Å²) in [5.41, 5.74) is 6.28. The Labute approximate surface area is 112 Å². The highest BCUT2D eigenvalue weighted by Crippen LogP contribution is 2.12. The molecule has 0 radical (unpaired) electrons. The zero-order valence-corrected chi connectivity index (χ0v) is 11.0. The number of amides is 1. The highest BCUT2D eigenvalue weighted by molar-refractivity contribution is 5.78.